The molecule has 1 saturated heterocycles. The summed E-state index contributed by atoms with van der Waals surface area (Å²) in [4.78, 5) is 35.4. The Kier molecular flexibility index (Phi) is 6.56. The van der Waals surface area contributed by atoms with Crippen molar-refractivity contribution in [3.63, 3.8) is 0 Å². The van der Waals surface area contributed by atoms with Crippen molar-refractivity contribution in [2.75, 3.05) is 43.4 Å². The van der Waals surface area contributed by atoms with Crippen molar-refractivity contribution in [3.05, 3.63) is 53.7 Å². The van der Waals surface area contributed by atoms with E-state index in [1.807, 2.05) is 12.3 Å². The van der Waals surface area contributed by atoms with Crippen molar-refractivity contribution in [1.29, 1.82) is 0 Å². The number of carbonyl (C=O) groups excluding carboxylic acids is 2. The van der Waals surface area contributed by atoms with E-state index in [1.165, 1.54) is 17.5 Å². The SMILES string of the molecule is CN1CCN(c2ccc(NC(=O)CC[C@@H]3CC(=O)[C@@]4(C)CCC5c6ccccc6CCC5C34)nc2)CC1. The van der Waals surface area contributed by atoms with Gasteiger partial charge in [0.1, 0.15) is 11.6 Å². The van der Waals surface area contributed by atoms with Gasteiger partial charge in [-0.1, -0.05) is 31.2 Å². The molecule has 1 aliphatic heterocycles. The van der Waals surface area contributed by atoms with Gasteiger partial charge >= 0.3 is 0 Å². The molecule has 37 heavy (non-hydrogen) atoms. The highest BCUT2D eigenvalue weighted by Gasteiger charge is 2.58. The Balaban J connectivity index is 1.09. The average molecular weight is 501 g/mol. The predicted molar refractivity (Wildman–Crippen MR) is 147 cm³/mol. The smallest absolute Gasteiger partial charge is 0.225 e. The number of hydrogen-bond acceptors (Lipinski definition) is 5. The fourth-order valence-electron chi connectivity index (χ4n) is 8.08. The van der Waals surface area contributed by atoms with Gasteiger partial charge in [0.15, 0.2) is 0 Å². The third-order valence-electron chi connectivity index (χ3n) is 10.1. The largest absolute Gasteiger partial charge is 0.368 e. The minimum atomic E-state index is -0.213. The number of aromatic nitrogens is 1. The Labute approximate surface area is 220 Å². The molecule has 4 aliphatic rings. The first kappa shape index (κ1) is 24.6. The van der Waals surface area contributed by atoms with Crippen molar-refractivity contribution < 1.29 is 9.59 Å². The number of likely N-dealkylation sites (N-methyl/N-ethyl adjacent to an activating group) is 1. The first-order valence-corrected chi connectivity index (χ1v) is 14.2. The first-order chi connectivity index (χ1) is 17.9. The number of Topliss-reactive ketones (excluding diaryl/α,β-unsaturated/α-hetero) is 1. The van der Waals surface area contributed by atoms with E-state index >= 15 is 0 Å². The van der Waals surface area contributed by atoms with E-state index in [4.69, 9.17) is 0 Å². The van der Waals surface area contributed by atoms with Crippen LogP contribution in [0.3, 0.4) is 0 Å². The molecule has 2 heterocycles. The summed E-state index contributed by atoms with van der Waals surface area (Å²) in [5.41, 5.74) is 3.91. The number of ketones is 1. The summed E-state index contributed by atoms with van der Waals surface area (Å²) in [6, 6.07) is 12.9. The Morgan fingerprint density at radius 3 is 2.70 bits per heavy atom. The molecule has 0 bridgehead atoms. The molecule has 1 amide bonds. The van der Waals surface area contributed by atoms with Crippen LogP contribution >= 0.6 is 0 Å². The Morgan fingerprint density at radius 1 is 1.11 bits per heavy atom. The summed E-state index contributed by atoms with van der Waals surface area (Å²) in [6.07, 6.45) is 8.11. The van der Waals surface area contributed by atoms with Gasteiger partial charge in [0.25, 0.3) is 0 Å². The van der Waals surface area contributed by atoms with Crippen molar-refractivity contribution in [2.45, 2.75) is 57.8 Å². The molecular weight excluding hydrogens is 460 g/mol. The van der Waals surface area contributed by atoms with Crippen LogP contribution in [0.5, 0.6) is 0 Å². The normalized spacial score (nSPS) is 31.4. The zero-order chi connectivity index (χ0) is 25.6. The monoisotopic (exact) mass is 500 g/mol. The third kappa shape index (κ3) is 4.58. The molecule has 3 unspecified atom stereocenters. The summed E-state index contributed by atoms with van der Waals surface area (Å²) >= 11 is 0. The Hall–Kier alpha value is -2.73. The molecular formula is C31H40N4O2. The highest BCUT2D eigenvalue weighted by molar-refractivity contribution is 5.90. The number of pyridine rings is 1. The van der Waals surface area contributed by atoms with Crippen LogP contribution in [0, 0.1) is 23.2 Å². The number of nitrogens with zero attached hydrogens (tertiary/aromatic N) is 3. The van der Waals surface area contributed by atoms with E-state index in [-0.39, 0.29) is 11.3 Å². The molecule has 0 radical (unpaired) electrons. The van der Waals surface area contributed by atoms with Crippen LogP contribution in [0.25, 0.3) is 0 Å². The average Bonchev–Trinajstić information content (AvgIpc) is 3.18. The van der Waals surface area contributed by atoms with Gasteiger partial charge in [-0.25, -0.2) is 4.98 Å². The fraction of sp³-hybridized carbons (Fsp3) is 0.581. The number of piperazine rings is 1. The first-order valence-electron chi connectivity index (χ1n) is 14.2. The minimum Gasteiger partial charge on any atom is -0.368 e. The van der Waals surface area contributed by atoms with Crippen LogP contribution in [0.2, 0.25) is 0 Å². The second-order valence-electron chi connectivity index (χ2n) is 12.2. The van der Waals surface area contributed by atoms with Crippen LogP contribution in [0.15, 0.2) is 42.6 Å². The molecule has 5 atom stereocenters. The zero-order valence-corrected chi connectivity index (χ0v) is 22.3. The highest BCUT2D eigenvalue weighted by atomic mass is 16.1. The molecule has 196 valence electrons. The number of anilines is 2. The molecule has 1 N–H and O–H groups in total. The molecule has 6 nitrogen and oxygen atoms in total. The van der Waals surface area contributed by atoms with E-state index in [2.05, 4.69) is 64.4 Å². The summed E-state index contributed by atoms with van der Waals surface area (Å²) in [6.45, 7) is 6.32. The number of hydrogen-bond donors (Lipinski definition) is 1. The Bertz CT molecular complexity index is 1160. The molecule has 2 saturated carbocycles. The van der Waals surface area contributed by atoms with Gasteiger partial charge in [-0.05, 0) is 86.1 Å². The fourth-order valence-corrected chi connectivity index (χ4v) is 8.08. The molecule has 1 aromatic heterocycles. The molecule has 3 aliphatic carbocycles. The lowest BCUT2D eigenvalue weighted by Crippen LogP contribution is -2.44. The summed E-state index contributed by atoms with van der Waals surface area (Å²) in [5.74, 6) is 2.85. The number of benzene rings is 1. The topological polar surface area (TPSA) is 65.5 Å². The van der Waals surface area contributed by atoms with Crippen LogP contribution in [0.4, 0.5) is 11.5 Å². The number of fused-ring (bicyclic) bond motifs is 5. The Morgan fingerprint density at radius 2 is 1.92 bits per heavy atom. The standard InChI is InChI=1S/C31H40N4O2/c1-31-14-13-25-24-6-4-3-5-21(24)7-10-26(25)30(31)22(19-27(31)36)8-12-29(37)33-28-11-9-23(20-32-28)35-17-15-34(2)16-18-35/h3-6,9,11,20,22,25-26,30H,7-8,10,12-19H2,1-2H3,(H,32,33,37)/t22-,25?,26?,30?,31-/m1/s1. The van der Waals surface area contributed by atoms with Crippen LogP contribution in [-0.2, 0) is 16.0 Å². The van der Waals surface area contributed by atoms with E-state index < -0.39 is 0 Å². The van der Waals surface area contributed by atoms with Crippen molar-refractivity contribution in [1.82, 2.24) is 9.88 Å². The minimum absolute atomic E-state index is 0.00208. The molecule has 2 aromatic rings. The second kappa shape index (κ2) is 9.86. The lowest BCUT2D eigenvalue weighted by atomic mass is 9.54. The number of carbonyl (C=O) groups is 2. The quantitative estimate of drug-likeness (QED) is 0.632. The van der Waals surface area contributed by atoms with Gasteiger partial charge in [0.05, 0.1) is 11.9 Å². The van der Waals surface area contributed by atoms with E-state index in [9.17, 15) is 9.59 Å². The van der Waals surface area contributed by atoms with Crippen molar-refractivity contribution in [2.24, 2.45) is 23.2 Å². The maximum atomic E-state index is 13.3. The molecule has 1 aromatic carbocycles. The van der Waals surface area contributed by atoms with Gasteiger partial charge in [0, 0.05) is 44.4 Å². The zero-order valence-electron chi connectivity index (χ0n) is 22.3. The predicted octanol–water partition coefficient (Wildman–Crippen LogP) is 4.90. The van der Waals surface area contributed by atoms with Gasteiger partial charge < -0.3 is 15.1 Å². The van der Waals surface area contributed by atoms with Gasteiger partial charge in [0.2, 0.25) is 5.91 Å². The summed E-state index contributed by atoms with van der Waals surface area (Å²) in [5, 5.41) is 3.00. The van der Waals surface area contributed by atoms with Crippen LogP contribution in [0.1, 0.15) is 62.5 Å². The van der Waals surface area contributed by atoms with E-state index in [0.717, 1.165) is 57.5 Å². The number of nitrogens with one attached hydrogen (secondary N) is 1. The maximum absolute atomic E-state index is 13.3. The number of amides is 1. The van der Waals surface area contributed by atoms with Gasteiger partial charge in [-0.15, -0.1) is 0 Å². The van der Waals surface area contributed by atoms with Crippen molar-refractivity contribution >= 4 is 23.2 Å². The van der Waals surface area contributed by atoms with Crippen LogP contribution < -0.4 is 10.2 Å². The second-order valence-corrected chi connectivity index (χ2v) is 12.2. The summed E-state index contributed by atoms with van der Waals surface area (Å²) in [7, 11) is 2.15. The van der Waals surface area contributed by atoms with Crippen LogP contribution in [-0.4, -0.2) is 54.8 Å². The third-order valence-corrected chi connectivity index (χ3v) is 10.1. The van der Waals surface area contributed by atoms with Gasteiger partial charge in [-0.2, -0.15) is 0 Å². The summed E-state index contributed by atoms with van der Waals surface area (Å²) < 4.78 is 0. The lowest BCUT2D eigenvalue weighted by Gasteiger charge is -2.50. The number of aryl methyl sites for hydroxylation is 1. The van der Waals surface area contributed by atoms with Crippen molar-refractivity contribution in [3.8, 4) is 0 Å². The highest BCUT2D eigenvalue weighted by Crippen LogP contribution is 2.62. The van der Waals surface area contributed by atoms with E-state index in [0.29, 0.717) is 48.1 Å². The van der Waals surface area contributed by atoms with E-state index in [1.54, 1.807) is 0 Å². The molecule has 3 fully saturated rings. The molecule has 0 spiro atoms. The number of rotatable bonds is 5. The molecule has 6 rings (SSSR count). The lowest BCUT2D eigenvalue weighted by molar-refractivity contribution is -0.129. The molecule has 6 heteroatoms. The van der Waals surface area contributed by atoms with Gasteiger partial charge in [-0.3, -0.25) is 9.59 Å². The maximum Gasteiger partial charge on any atom is 0.225 e.